The fourth-order valence-electron chi connectivity index (χ4n) is 2.47. The third-order valence-electron chi connectivity index (χ3n) is 4.35. The highest BCUT2D eigenvalue weighted by Gasteiger charge is 2.20. The van der Waals surface area contributed by atoms with Gasteiger partial charge in [-0.1, -0.05) is 108 Å². The molecule has 158 valence electrons. The first-order chi connectivity index (χ1) is 14.2. The van der Waals surface area contributed by atoms with Crippen LogP contribution in [0.25, 0.3) is 0 Å². The lowest BCUT2D eigenvalue weighted by molar-refractivity contribution is 1.28. The zero-order valence-corrected chi connectivity index (χ0v) is 22.0. The molecule has 2 aromatic rings. The van der Waals surface area contributed by atoms with E-state index in [0.29, 0.717) is 0 Å². The maximum atomic E-state index is 4.78. The molecule has 0 saturated carbocycles. The van der Waals surface area contributed by atoms with Crippen LogP contribution in [0.1, 0.15) is 40.0 Å². The average molecular weight is 431 g/mol. The minimum absolute atomic E-state index is 0.847. The molecule has 0 spiro atoms. The Kier molecular flexibility index (Phi) is 14.1. The minimum Gasteiger partial charge on any atom is -0.126 e. The van der Waals surface area contributed by atoms with Crippen molar-refractivity contribution < 1.29 is 0 Å². The summed E-state index contributed by atoms with van der Waals surface area (Å²) in [6, 6.07) is 21.3. The molecule has 0 aromatic heterocycles. The largest absolute Gasteiger partial charge is 0.162 e. The highest BCUT2D eigenvalue weighted by atomic mass is 28.3. The Balaban J connectivity index is 0.000000477. The first-order valence-corrected chi connectivity index (χ1v) is 16.8. The van der Waals surface area contributed by atoms with Crippen molar-refractivity contribution in [3.8, 4) is 35.3 Å². The Morgan fingerprint density at radius 3 is 1.13 bits per heavy atom. The molecule has 0 heterocycles. The second-order valence-corrected chi connectivity index (χ2v) is 16.0. The van der Waals surface area contributed by atoms with Crippen LogP contribution in [0.15, 0.2) is 60.7 Å². The molecule has 2 heteroatoms. The molecule has 0 radical (unpaired) electrons. The fraction of sp³-hybridized carbons (Fsp3) is 0.357. The van der Waals surface area contributed by atoms with Crippen molar-refractivity contribution in [1.82, 2.24) is 0 Å². The number of terminal acetylenes is 1. The summed E-state index contributed by atoms with van der Waals surface area (Å²) in [6.07, 6.45) is 7.55. The molecule has 0 aliphatic heterocycles. The van der Waals surface area contributed by atoms with Crippen molar-refractivity contribution in [3.63, 3.8) is 0 Å². The van der Waals surface area contributed by atoms with E-state index in [0.717, 1.165) is 19.3 Å². The van der Waals surface area contributed by atoms with Crippen molar-refractivity contribution in [1.29, 1.82) is 0 Å². The molecule has 0 nitrogen and oxygen atoms in total. The third-order valence-corrected chi connectivity index (χ3v) is 9.51. The average Bonchev–Trinajstić information content (AvgIpc) is 2.78. The lowest BCUT2D eigenvalue weighted by atomic mass is 10.4. The van der Waals surface area contributed by atoms with Gasteiger partial charge in [-0.05, 0) is 10.4 Å². The van der Waals surface area contributed by atoms with E-state index < -0.39 is 16.1 Å². The Morgan fingerprint density at radius 2 is 0.900 bits per heavy atom. The lowest BCUT2D eigenvalue weighted by Crippen LogP contribution is -2.39. The summed E-state index contributed by atoms with van der Waals surface area (Å²) in [7, 11) is -2.92. The van der Waals surface area contributed by atoms with Gasteiger partial charge in [-0.25, -0.2) is 0 Å². The van der Waals surface area contributed by atoms with Gasteiger partial charge in [0.15, 0.2) is 16.1 Å². The lowest BCUT2D eigenvalue weighted by Gasteiger charge is -2.14. The number of benzene rings is 2. The molecule has 2 aromatic carbocycles. The molecule has 0 N–H and O–H groups in total. The Labute approximate surface area is 188 Å². The van der Waals surface area contributed by atoms with Gasteiger partial charge < -0.3 is 0 Å². The molecule has 0 unspecified atom stereocenters. The molecule has 0 aliphatic rings. The first kappa shape index (κ1) is 27.6. The van der Waals surface area contributed by atoms with E-state index in [1.165, 1.54) is 10.4 Å². The summed E-state index contributed by atoms with van der Waals surface area (Å²) in [6.45, 7) is 15.3. The molecule has 0 amide bonds. The second-order valence-electron chi connectivity index (χ2n) is 7.85. The van der Waals surface area contributed by atoms with Crippen molar-refractivity contribution in [2.45, 2.75) is 66.2 Å². The Bertz CT molecular complexity index is 795. The third kappa shape index (κ3) is 11.5. The predicted molar refractivity (Wildman–Crippen MR) is 142 cm³/mol. The number of hydrogen-bond donors (Lipinski definition) is 0. The smallest absolute Gasteiger partial charge is 0.126 e. The summed E-state index contributed by atoms with van der Waals surface area (Å²) < 4.78 is 0. The van der Waals surface area contributed by atoms with E-state index in [2.05, 4.69) is 130 Å². The van der Waals surface area contributed by atoms with E-state index in [1.54, 1.807) is 0 Å². The van der Waals surface area contributed by atoms with Crippen LogP contribution in [0.2, 0.25) is 26.2 Å². The minimum atomic E-state index is -1.46. The molecular formula is C28H38Si2. The van der Waals surface area contributed by atoms with Crippen LogP contribution in [-0.4, -0.2) is 16.1 Å². The van der Waals surface area contributed by atoms with Crippen LogP contribution in [0.4, 0.5) is 0 Å². The molecule has 0 saturated heterocycles. The van der Waals surface area contributed by atoms with Crippen LogP contribution in [0.3, 0.4) is 0 Å². The van der Waals surface area contributed by atoms with Gasteiger partial charge in [0.25, 0.3) is 0 Å². The summed E-state index contributed by atoms with van der Waals surface area (Å²) in [5.41, 5.74) is 6.83. The topological polar surface area (TPSA) is 0 Å². The molecule has 0 fully saturated rings. The normalized spacial score (nSPS) is 9.67. The molecular weight excluding hydrogens is 392 g/mol. The second kappa shape index (κ2) is 15.4. The van der Waals surface area contributed by atoms with E-state index >= 15 is 0 Å². The van der Waals surface area contributed by atoms with E-state index in [9.17, 15) is 0 Å². The summed E-state index contributed by atoms with van der Waals surface area (Å²) in [5.74, 6) is 8.83. The monoisotopic (exact) mass is 430 g/mol. The fourth-order valence-corrected chi connectivity index (χ4v) is 6.05. The van der Waals surface area contributed by atoms with Gasteiger partial charge in [-0.15, -0.1) is 35.3 Å². The molecule has 0 bridgehead atoms. The van der Waals surface area contributed by atoms with E-state index in [4.69, 9.17) is 6.42 Å². The number of hydrogen-bond acceptors (Lipinski definition) is 0. The molecule has 30 heavy (non-hydrogen) atoms. The van der Waals surface area contributed by atoms with Gasteiger partial charge in [0.1, 0.15) is 0 Å². The molecule has 0 atom stereocenters. The van der Waals surface area contributed by atoms with Gasteiger partial charge in [0.2, 0.25) is 0 Å². The Morgan fingerprint density at radius 1 is 0.600 bits per heavy atom. The van der Waals surface area contributed by atoms with Crippen molar-refractivity contribution >= 4 is 26.5 Å². The quantitative estimate of drug-likeness (QED) is 0.396. The zero-order chi connectivity index (χ0) is 22.9. The maximum Gasteiger partial charge on any atom is 0.162 e. The van der Waals surface area contributed by atoms with Gasteiger partial charge in [-0.3, -0.25) is 0 Å². The Hall–Kier alpha value is -2.45. The van der Waals surface area contributed by atoms with Crippen LogP contribution < -0.4 is 10.4 Å². The van der Waals surface area contributed by atoms with Crippen molar-refractivity contribution in [3.05, 3.63) is 60.7 Å². The van der Waals surface area contributed by atoms with E-state index in [1.807, 2.05) is 6.92 Å². The van der Waals surface area contributed by atoms with Crippen LogP contribution in [-0.2, 0) is 0 Å². The van der Waals surface area contributed by atoms with Crippen LogP contribution in [0.5, 0.6) is 0 Å². The summed E-state index contributed by atoms with van der Waals surface area (Å²) >= 11 is 0. The van der Waals surface area contributed by atoms with Crippen molar-refractivity contribution in [2.75, 3.05) is 0 Å². The van der Waals surface area contributed by atoms with Gasteiger partial charge >= 0.3 is 0 Å². The summed E-state index contributed by atoms with van der Waals surface area (Å²) in [5, 5.41) is 2.85. The number of rotatable bonds is 2. The van der Waals surface area contributed by atoms with Crippen LogP contribution >= 0.6 is 0 Å². The highest BCUT2D eigenvalue weighted by Crippen LogP contribution is 2.02. The SMILES string of the molecule is C#CCC.CCC#C[Si](C)(C)c1ccccc1.CCC#C[Si](C)(C)c1ccccc1. The zero-order valence-electron chi connectivity index (χ0n) is 20.0. The predicted octanol–water partition coefficient (Wildman–Crippen LogP) is 6.14. The first-order valence-electron chi connectivity index (χ1n) is 10.8. The maximum absolute atomic E-state index is 4.78. The van der Waals surface area contributed by atoms with Crippen molar-refractivity contribution in [2.24, 2.45) is 0 Å². The summed E-state index contributed by atoms with van der Waals surface area (Å²) in [4.78, 5) is 0. The molecule has 0 aliphatic carbocycles. The standard InChI is InChI=1S/2C12H16Si.C4H6/c2*1-4-5-11-13(2,3)12-9-7-6-8-10-12;1-3-4-2/h2*6-10H,4H2,1-3H3;1H,4H2,2H3. The van der Waals surface area contributed by atoms with Gasteiger partial charge in [-0.2, -0.15) is 0 Å². The van der Waals surface area contributed by atoms with Crippen LogP contribution in [0, 0.1) is 35.3 Å². The van der Waals surface area contributed by atoms with Gasteiger partial charge in [0, 0.05) is 19.3 Å². The van der Waals surface area contributed by atoms with E-state index in [-0.39, 0.29) is 0 Å². The molecule has 2 rings (SSSR count). The van der Waals surface area contributed by atoms with Gasteiger partial charge in [0.05, 0.1) is 0 Å². The highest BCUT2D eigenvalue weighted by molar-refractivity contribution is 6.96.